The summed E-state index contributed by atoms with van der Waals surface area (Å²) in [6.45, 7) is 9.13. The first kappa shape index (κ1) is 16.8. The topological polar surface area (TPSA) is 39.1 Å². The molecule has 0 bridgehead atoms. The number of likely N-dealkylation sites (tertiary alicyclic amines) is 1. The largest absolute Gasteiger partial charge is 0.301 e. The molecule has 0 radical (unpaired) electrons. The van der Waals surface area contributed by atoms with Crippen LogP contribution in [0.5, 0.6) is 0 Å². The maximum atomic E-state index is 9.55. The molecule has 120 valence electrons. The molecule has 0 aromatic rings. The smallest absolute Gasteiger partial charge is 0.105 e. The Morgan fingerprint density at radius 3 is 2.67 bits per heavy atom. The van der Waals surface area contributed by atoms with E-state index in [0.717, 1.165) is 12.3 Å². The lowest BCUT2D eigenvalue weighted by Crippen LogP contribution is -2.48. The summed E-state index contributed by atoms with van der Waals surface area (Å²) < 4.78 is 0. The highest BCUT2D eigenvalue weighted by molar-refractivity contribution is 5.08. The van der Waals surface area contributed by atoms with Gasteiger partial charge in [-0.25, -0.2) is 0 Å². The summed E-state index contributed by atoms with van der Waals surface area (Å²) in [6.07, 6.45) is 10.2. The van der Waals surface area contributed by atoms with Gasteiger partial charge < -0.3 is 4.90 Å². The first-order chi connectivity index (χ1) is 10.1. The van der Waals surface area contributed by atoms with E-state index in [2.05, 4.69) is 37.1 Å². The molecule has 3 heteroatoms. The second-order valence-corrected chi connectivity index (χ2v) is 7.54. The van der Waals surface area contributed by atoms with Gasteiger partial charge in [0, 0.05) is 12.1 Å². The van der Waals surface area contributed by atoms with Gasteiger partial charge in [-0.3, -0.25) is 5.32 Å². The number of rotatable bonds is 7. The van der Waals surface area contributed by atoms with Gasteiger partial charge in [0.05, 0.1) is 6.07 Å². The zero-order valence-corrected chi connectivity index (χ0v) is 14.2. The Balaban J connectivity index is 1.84. The molecule has 1 heterocycles. The lowest BCUT2D eigenvalue weighted by atomic mass is 9.94. The Hall–Kier alpha value is -0.590. The van der Waals surface area contributed by atoms with Crippen molar-refractivity contribution in [1.29, 1.82) is 5.26 Å². The second-order valence-electron chi connectivity index (χ2n) is 7.54. The zero-order valence-electron chi connectivity index (χ0n) is 14.2. The van der Waals surface area contributed by atoms with Gasteiger partial charge in [-0.15, -0.1) is 0 Å². The molecule has 1 aliphatic carbocycles. The van der Waals surface area contributed by atoms with Gasteiger partial charge in [0.2, 0.25) is 0 Å². The van der Waals surface area contributed by atoms with Gasteiger partial charge in [-0.1, -0.05) is 19.8 Å². The monoisotopic (exact) mass is 291 g/mol. The Morgan fingerprint density at radius 1 is 1.29 bits per heavy atom. The summed E-state index contributed by atoms with van der Waals surface area (Å²) >= 11 is 0. The van der Waals surface area contributed by atoms with Crippen molar-refractivity contribution >= 4 is 0 Å². The van der Waals surface area contributed by atoms with Crippen LogP contribution in [0.4, 0.5) is 0 Å². The van der Waals surface area contributed by atoms with E-state index in [9.17, 15) is 5.26 Å². The zero-order chi connectivity index (χ0) is 15.3. The average Bonchev–Trinajstić information content (AvgIpc) is 3.26. The van der Waals surface area contributed by atoms with Crippen molar-refractivity contribution in [3.63, 3.8) is 0 Å². The Kier molecular flexibility index (Phi) is 6.08. The van der Waals surface area contributed by atoms with Crippen LogP contribution < -0.4 is 5.32 Å². The third-order valence-electron chi connectivity index (χ3n) is 5.25. The molecule has 1 saturated carbocycles. The van der Waals surface area contributed by atoms with Crippen molar-refractivity contribution in [2.24, 2.45) is 5.92 Å². The molecule has 0 aromatic carbocycles. The highest BCUT2D eigenvalue weighted by Crippen LogP contribution is 2.27. The quantitative estimate of drug-likeness (QED) is 0.777. The number of hydrogen-bond acceptors (Lipinski definition) is 3. The van der Waals surface area contributed by atoms with E-state index in [-0.39, 0.29) is 5.54 Å². The van der Waals surface area contributed by atoms with Crippen LogP contribution >= 0.6 is 0 Å². The Bertz CT molecular complexity index is 358. The SMILES string of the molecule is CCCC1CCCN(C(C)CC(C)(C#N)NC2CC2)CC1. The van der Waals surface area contributed by atoms with E-state index in [1.807, 2.05) is 0 Å². The molecule has 2 rings (SSSR count). The third kappa shape index (κ3) is 5.27. The van der Waals surface area contributed by atoms with Crippen LogP contribution in [0.3, 0.4) is 0 Å². The van der Waals surface area contributed by atoms with Crippen molar-refractivity contribution in [2.45, 2.75) is 89.8 Å². The highest BCUT2D eigenvalue weighted by atomic mass is 15.2. The van der Waals surface area contributed by atoms with E-state index < -0.39 is 0 Å². The van der Waals surface area contributed by atoms with Gasteiger partial charge in [0.25, 0.3) is 0 Å². The third-order valence-corrected chi connectivity index (χ3v) is 5.25. The van der Waals surface area contributed by atoms with Crippen LogP contribution in [0, 0.1) is 17.2 Å². The molecular weight excluding hydrogens is 258 g/mol. The number of hydrogen-bond donors (Lipinski definition) is 1. The minimum Gasteiger partial charge on any atom is -0.301 e. The Labute approximate surface area is 131 Å². The van der Waals surface area contributed by atoms with Gasteiger partial charge >= 0.3 is 0 Å². The predicted molar refractivity (Wildman–Crippen MR) is 88.1 cm³/mol. The Morgan fingerprint density at radius 2 is 2.05 bits per heavy atom. The van der Waals surface area contributed by atoms with E-state index >= 15 is 0 Å². The average molecular weight is 291 g/mol. The lowest BCUT2D eigenvalue weighted by Gasteiger charge is -2.33. The minimum atomic E-state index is -0.351. The van der Waals surface area contributed by atoms with Crippen LogP contribution in [0.15, 0.2) is 0 Å². The van der Waals surface area contributed by atoms with E-state index in [0.29, 0.717) is 12.1 Å². The summed E-state index contributed by atoms with van der Waals surface area (Å²) in [5, 5.41) is 13.1. The highest BCUT2D eigenvalue weighted by Gasteiger charge is 2.35. The molecule has 1 saturated heterocycles. The van der Waals surface area contributed by atoms with Gasteiger partial charge in [0.15, 0.2) is 0 Å². The van der Waals surface area contributed by atoms with Crippen LogP contribution in [-0.4, -0.2) is 35.6 Å². The fraction of sp³-hybridized carbons (Fsp3) is 0.944. The summed E-state index contributed by atoms with van der Waals surface area (Å²) in [6, 6.07) is 3.63. The second kappa shape index (κ2) is 7.61. The first-order valence-electron chi connectivity index (χ1n) is 8.99. The summed E-state index contributed by atoms with van der Waals surface area (Å²) in [5.74, 6) is 0.930. The molecule has 2 aliphatic rings. The molecule has 3 nitrogen and oxygen atoms in total. The van der Waals surface area contributed by atoms with Crippen molar-refractivity contribution < 1.29 is 0 Å². The fourth-order valence-corrected chi connectivity index (χ4v) is 3.86. The van der Waals surface area contributed by atoms with Crippen LogP contribution in [0.1, 0.15) is 72.1 Å². The molecule has 0 amide bonds. The van der Waals surface area contributed by atoms with E-state index in [1.165, 1.54) is 58.0 Å². The summed E-state index contributed by atoms with van der Waals surface area (Å²) in [7, 11) is 0. The molecule has 0 aromatic heterocycles. The van der Waals surface area contributed by atoms with Crippen molar-refractivity contribution in [1.82, 2.24) is 10.2 Å². The normalized spacial score (nSPS) is 28.4. The number of nitrogens with zero attached hydrogens (tertiary/aromatic N) is 2. The summed E-state index contributed by atoms with van der Waals surface area (Å²) in [4.78, 5) is 2.62. The molecule has 0 spiro atoms. The minimum absolute atomic E-state index is 0.351. The molecule has 21 heavy (non-hydrogen) atoms. The van der Waals surface area contributed by atoms with Gasteiger partial charge in [-0.2, -0.15) is 5.26 Å². The summed E-state index contributed by atoms with van der Waals surface area (Å²) in [5.41, 5.74) is -0.351. The van der Waals surface area contributed by atoms with Crippen LogP contribution in [0.2, 0.25) is 0 Å². The maximum absolute atomic E-state index is 9.55. The molecular formula is C18H33N3. The molecule has 2 fully saturated rings. The predicted octanol–water partition coefficient (Wildman–Crippen LogP) is 3.70. The fourth-order valence-electron chi connectivity index (χ4n) is 3.86. The first-order valence-corrected chi connectivity index (χ1v) is 8.99. The van der Waals surface area contributed by atoms with E-state index in [1.54, 1.807) is 0 Å². The van der Waals surface area contributed by atoms with Gasteiger partial charge in [0.1, 0.15) is 5.54 Å². The van der Waals surface area contributed by atoms with Crippen molar-refractivity contribution in [2.75, 3.05) is 13.1 Å². The van der Waals surface area contributed by atoms with Crippen LogP contribution in [-0.2, 0) is 0 Å². The molecule has 3 unspecified atom stereocenters. The molecule has 1 aliphatic heterocycles. The van der Waals surface area contributed by atoms with Crippen LogP contribution in [0.25, 0.3) is 0 Å². The van der Waals surface area contributed by atoms with E-state index in [4.69, 9.17) is 0 Å². The molecule has 1 N–H and O–H groups in total. The van der Waals surface area contributed by atoms with Gasteiger partial charge in [-0.05, 0) is 71.4 Å². The standard InChI is InChI=1S/C18H33N3/c1-4-6-16-7-5-11-21(12-10-16)15(2)13-18(3,14-19)20-17-8-9-17/h15-17,20H,4-13H2,1-3H3. The number of nitrogens with one attached hydrogen (secondary N) is 1. The lowest BCUT2D eigenvalue weighted by molar-refractivity contribution is 0.179. The number of nitriles is 1. The van der Waals surface area contributed by atoms with Crippen molar-refractivity contribution in [3.05, 3.63) is 0 Å². The molecule has 3 atom stereocenters. The maximum Gasteiger partial charge on any atom is 0.105 e. The van der Waals surface area contributed by atoms with Crippen molar-refractivity contribution in [3.8, 4) is 6.07 Å².